The second-order valence-corrected chi connectivity index (χ2v) is 3.72. The van der Waals surface area contributed by atoms with E-state index in [1.54, 1.807) is 6.07 Å². The molecule has 0 saturated carbocycles. The maximum absolute atomic E-state index is 10.9. The van der Waals surface area contributed by atoms with Crippen molar-refractivity contribution in [2.75, 3.05) is 11.9 Å². The minimum absolute atomic E-state index is 0.0661. The molecule has 18 heavy (non-hydrogen) atoms. The zero-order chi connectivity index (χ0) is 13.0. The molecule has 1 aromatic carbocycles. The molecule has 2 aromatic rings. The monoisotopic (exact) mass is 246 g/mol. The van der Waals surface area contributed by atoms with Gasteiger partial charge in [-0.05, 0) is 0 Å². The third-order valence-corrected chi connectivity index (χ3v) is 2.41. The fraction of sp³-hybridized carbons (Fsp3) is 0.167. The standard InChI is InChI=1S/C12H14N4O2/c13-12(18)14-11-8-10(15-16(11)6-7-17)9-4-2-1-3-5-9/h1-5,8,17H,6-7H2,(H3,13,14,18). The number of anilines is 1. The van der Waals surface area contributed by atoms with E-state index < -0.39 is 6.03 Å². The second-order valence-electron chi connectivity index (χ2n) is 3.72. The highest BCUT2D eigenvalue weighted by atomic mass is 16.3. The van der Waals surface area contributed by atoms with Gasteiger partial charge < -0.3 is 10.8 Å². The predicted octanol–water partition coefficient (Wildman–Crippen LogP) is 1.03. The van der Waals surface area contributed by atoms with E-state index in [0.29, 0.717) is 18.1 Å². The molecule has 0 atom stereocenters. The highest BCUT2D eigenvalue weighted by molar-refractivity contribution is 5.87. The number of amides is 2. The summed E-state index contributed by atoms with van der Waals surface area (Å²) in [6, 6.07) is 10.6. The minimum Gasteiger partial charge on any atom is -0.394 e. The Morgan fingerprint density at radius 2 is 2.11 bits per heavy atom. The molecule has 1 heterocycles. The van der Waals surface area contributed by atoms with Crippen LogP contribution in [0.1, 0.15) is 0 Å². The van der Waals surface area contributed by atoms with Gasteiger partial charge in [-0.25, -0.2) is 9.48 Å². The first-order chi connectivity index (χ1) is 8.70. The van der Waals surface area contributed by atoms with Gasteiger partial charge in [0.2, 0.25) is 0 Å². The van der Waals surface area contributed by atoms with Gasteiger partial charge in [0.05, 0.1) is 18.8 Å². The fourth-order valence-electron chi connectivity index (χ4n) is 1.66. The lowest BCUT2D eigenvalue weighted by atomic mass is 10.2. The van der Waals surface area contributed by atoms with E-state index in [9.17, 15) is 4.79 Å². The van der Waals surface area contributed by atoms with Gasteiger partial charge in [-0.15, -0.1) is 0 Å². The van der Waals surface area contributed by atoms with Gasteiger partial charge in [-0.2, -0.15) is 5.10 Å². The smallest absolute Gasteiger partial charge is 0.317 e. The topological polar surface area (TPSA) is 93.2 Å². The fourth-order valence-corrected chi connectivity index (χ4v) is 1.66. The van der Waals surface area contributed by atoms with Gasteiger partial charge in [0.1, 0.15) is 5.82 Å². The highest BCUT2D eigenvalue weighted by Crippen LogP contribution is 2.21. The lowest BCUT2D eigenvalue weighted by Gasteiger charge is -2.04. The third-order valence-electron chi connectivity index (χ3n) is 2.41. The molecule has 0 aliphatic rings. The molecule has 6 nitrogen and oxygen atoms in total. The number of aliphatic hydroxyl groups is 1. The van der Waals surface area contributed by atoms with Crippen molar-refractivity contribution in [3.63, 3.8) is 0 Å². The van der Waals surface area contributed by atoms with Gasteiger partial charge in [0, 0.05) is 11.6 Å². The van der Waals surface area contributed by atoms with Crippen molar-refractivity contribution in [3.8, 4) is 11.3 Å². The molecule has 1 aromatic heterocycles. The van der Waals surface area contributed by atoms with Gasteiger partial charge in [0.25, 0.3) is 0 Å². The van der Waals surface area contributed by atoms with Crippen molar-refractivity contribution in [1.29, 1.82) is 0 Å². The molecule has 2 rings (SSSR count). The number of carbonyl (C=O) groups is 1. The van der Waals surface area contributed by atoms with Crippen LogP contribution in [0.3, 0.4) is 0 Å². The normalized spacial score (nSPS) is 10.3. The number of nitrogens with one attached hydrogen (secondary N) is 1. The van der Waals surface area contributed by atoms with E-state index in [2.05, 4.69) is 10.4 Å². The molecule has 0 spiro atoms. The molecule has 0 radical (unpaired) electrons. The number of nitrogens with two attached hydrogens (primary N) is 1. The molecule has 0 fully saturated rings. The van der Waals surface area contributed by atoms with Gasteiger partial charge >= 0.3 is 6.03 Å². The van der Waals surface area contributed by atoms with Crippen LogP contribution in [0.2, 0.25) is 0 Å². The molecule has 0 aliphatic carbocycles. The first-order valence-electron chi connectivity index (χ1n) is 5.51. The van der Waals surface area contributed by atoms with E-state index in [-0.39, 0.29) is 6.61 Å². The van der Waals surface area contributed by atoms with Crippen molar-refractivity contribution in [1.82, 2.24) is 9.78 Å². The van der Waals surface area contributed by atoms with Crippen LogP contribution >= 0.6 is 0 Å². The van der Waals surface area contributed by atoms with Crippen LogP contribution < -0.4 is 11.1 Å². The van der Waals surface area contributed by atoms with Crippen molar-refractivity contribution < 1.29 is 9.90 Å². The Labute approximate surface area is 104 Å². The van der Waals surface area contributed by atoms with Crippen molar-refractivity contribution >= 4 is 11.8 Å². The van der Waals surface area contributed by atoms with Crippen LogP contribution in [0.4, 0.5) is 10.6 Å². The Kier molecular flexibility index (Phi) is 3.59. The average Bonchev–Trinajstić information content (AvgIpc) is 2.73. The molecule has 0 aliphatic heterocycles. The Bertz CT molecular complexity index is 536. The molecule has 94 valence electrons. The average molecular weight is 246 g/mol. The molecule has 0 saturated heterocycles. The van der Waals surface area contributed by atoms with Crippen LogP contribution in [0.5, 0.6) is 0 Å². The summed E-state index contributed by atoms with van der Waals surface area (Å²) < 4.78 is 1.51. The van der Waals surface area contributed by atoms with E-state index in [4.69, 9.17) is 10.8 Å². The Morgan fingerprint density at radius 3 is 2.72 bits per heavy atom. The summed E-state index contributed by atoms with van der Waals surface area (Å²) in [6.45, 7) is 0.228. The summed E-state index contributed by atoms with van der Waals surface area (Å²) in [5.74, 6) is 0.468. The molecule has 2 amide bonds. The quantitative estimate of drug-likeness (QED) is 0.752. The lowest BCUT2D eigenvalue weighted by molar-refractivity contribution is 0.258. The number of rotatable bonds is 4. The number of urea groups is 1. The second kappa shape index (κ2) is 5.33. The van der Waals surface area contributed by atoms with E-state index in [1.165, 1.54) is 4.68 Å². The van der Waals surface area contributed by atoms with E-state index >= 15 is 0 Å². The van der Waals surface area contributed by atoms with Crippen LogP contribution in [-0.2, 0) is 6.54 Å². The predicted molar refractivity (Wildman–Crippen MR) is 68.0 cm³/mol. The van der Waals surface area contributed by atoms with Crippen LogP contribution in [0, 0.1) is 0 Å². The molecule has 0 unspecified atom stereocenters. The molecule has 6 heteroatoms. The largest absolute Gasteiger partial charge is 0.394 e. The van der Waals surface area contributed by atoms with Crippen LogP contribution in [-0.4, -0.2) is 27.5 Å². The first-order valence-corrected chi connectivity index (χ1v) is 5.51. The number of hydrogen-bond donors (Lipinski definition) is 3. The van der Waals surface area contributed by atoms with Gasteiger partial charge in [-0.3, -0.25) is 5.32 Å². The Morgan fingerprint density at radius 1 is 1.39 bits per heavy atom. The summed E-state index contributed by atoms with van der Waals surface area (Å²) >= 11 is 0. The number of aromatic nitrogens is 2. The van der Waals surface area contributed by atoms with Crippen LogP contribution in [0.15, 0.2) is 36.4 Å². The summed E-state index contributed by atoms with van der Waals surface area (Å²) in [5.41, 5.74) is 6.73. The lowest BCUT2D eigenvalue weighted by Crippen LogP contribution is -2.22. The molecular formula is C12H14N4O2. The SMILES string of the molecule is NC(=O)Nc1cc(-c2ccccc2)nn1CCO. The van der Waals surface area contributed by atoms with Crippen molar-refractivity contribution in [3.05, 3.63) is 36.4 Å². The maximum atomic E-state index is 10.9. The zero-order valence-corrected chi connectivity index (χ0v) is 9.71. The zero-order valence-electron chi connectivity index (χ0n) is 9.71. The van der Waals surface area contributed by atoms with Crippen LogP contribution in [0.25, 0.3) is 11.3 Å². The highest BCUT2D eigenvalue weighted by Gasteiger charge is 2.10. The summed E-state index contributed by atoms with van der Waals surface area (Å²) in [6.07, 6.45) is 0. The summed E-state index contributed by atoms with van der Waals surface area (Å²) in [4.78, 5) is 10.9. The Balaban J connectivity index is 2.35. The Hall–Kier alpha value is -2.34. The van der Waals surface area contributed by atoms with Gasteiger partial charge in [0.15, 0.2) is 0 Å². The van der Waals surface area contributed by atoms with E-state index in [1.807, 2.05) is 30.3 Å². The van der Waals surface area contributed by atoms with Crippen molar-refractivity contribution in [2.24, 2.45) is 5.73 Å². The molecule has 4 N–H and O–H groups in total. The molecular weight excluding hydrogens is 232 g/mol. The first kappa shape index (κ1) is 12.1. The van der Waals surface area contributed by atoms with E-state index in [0.717, 1.165) is 5.56 Å². The summed E-state index contributed by atoms with van der Waals surface area (Å²) in [5, 5.41) is 15.7. The number of carbonyl (C=O) groups excluding carboxylic acids is 1. The minimum atomic E-state index is -0.659. The number of benzene rings is 1. The number of primary amides is 1. The molecule has 0 bridgehead atoms. The van der Waals surface area contributed by atoms with Crippen molar-refractivity contribution in [2.45, 2.75) is 6.54 Å². The number of aliphatic hydroxyl groups excluding tert-OH is 1. The maximum Gasteiger partial charge on any atom is 0.317 e. The van der Waals surface area contributed by atoms with Gasteiger partial charge in [-0.1, -0.05) is 30.3 Å². The third kappa shape index (κ3) is 2.67. The number of hydrogen-bond acceptors (Lipinski definition) is 3. The summed E-state index contributed by atoms with van der Waals surface area (Å²) in [7, 11) is 0. The number of nitrogens with zero attached hydrogens (tertiary/aromatic N) is 2.